The molecule has 0 aromatic heterocycles. The van der Waals surface area contributed by atoms with Gasteiger partial charge in [-0.2, -0.15) is 0 Å². The van der Waals surface area contributed by atoms with Gasteiger partial charge in [0.25, 0.3) is 0 Å². The molecule has 1 heterocycles. The minimum absolute atomic E-state index is 0.112. The maximum atomic E-state index is 12.9. The van der Waals surface area contributed by atoms with Crippen molar-refractivity contribution in [3.8, 4) is 0 Å². The molecule has 0 aromatic carbocycles. The number of aliphatic hydroxyl groups excluding tert-OH is 4. The monoisotopic (exact) mass is 991 g/mol. The van der Waals surface area contributed by atoms with Gasteiger partial charge in [-0.05, 0) is 70.6 Å². The molecular formula is C61H114O9. The van der Waals surface area contributed by atoms with Crippen LogP contribution in [0.2, 0.25) is 0 Å². The summed E-state index contributed by atoms with van der Waals surface area (Å²) >= 11 is 0. The van der Waals surface area contributed by atoms with Crippen LogP contribution in [0, 0.1) is 0 Å². The van der Waals surface area contributed by atoms with Gasteiger partial charge in [0.05, 0.1) is 19.8 Å². The van der Waals surface area contributed by atoms with Crippen LogP contribution in [-0.4, -0.2) is 89.6 Å². The average molecular weight is 992 g/mol. The van der Waals surface area contributed by atoms with Gasteiger partial charge in [0.2, 0.25) is 0 Å². The van der Waals surface area contributed by atoms with E-state index in [1.165, 1.54) is 225 Å². The molecule has 0 aromatic rings. The first-order valence-corrected chi connectivity index (χ1v) is 30.1. The van der Waals surface area contributed by atoms with E-state index in [2.05, 4.69) is 50.3 Å². The molecule has 70 heavy (non-hydrogen) atoms. The molecule has 1 aliphatic rings. The molecule has 6 atom stereocenters. The summed E-state index contributed by atoms with van der Waals surface area (Å²) in [6.45, 7) is 4.59. The topological polar surface area (TPSA) is 135 Å². The molecule has 1 saturated heterocycles. The Hall–Kier alpha value is -1.59. The molecule has 0 aliphatic carbocycles. The van der Waals surface area contributed by atoms with Crippen LogP contribution in [0.25, 0.3) is 0 Å². The summed E-state index contributed by atoms with van der Waals surface area (Å²) in [4.78, 5) is 12.9. The van der Waals surface area contributed by atoms with Gasteiger partial charge in [0.15, 0.2) is 6.29 Å². The fourth-order valence-electron chi connectivity index (χ4n) is 9.34. The number of hydrogen-bond acceptors (Lipinski definition) is 9. The van der Waals surface area contributed by atoms with Crippen LogP contribution in [0.5, 0.6) is 0 Å². The van der Waals surface area contributed by atoms with E-state index in [1.54, 1.807) is 0 Å². The highest BCUT2D eigenvalue weighted by atomic mass is 16.7. The second kappa shape index (κ2) is 52.3. The summed E-state index contributed by atoms with van der Waals surface area (Å²) in [5, 5.41) is 40.4. The smallest absolute Gasteiger partial charge is 0.306 e. The Bertz CT molecular complexity index is 1170. The first kappa shape index (κ1) is 66.4. The zero-order valence-corrected chi connectivity index (χ0v) is 45.8. The third-order valence-electron chi connectivity index (χ3n) is 14.0. The Kier molecular flexibility index (Phi) is 49.6. The zero-order valence-electron chi connectivity index (χ0n) is 45.8. The molecule has 412 valence electrons. The molecular weight excluding hydrogens is 877 g/mol. The van der Waals surface area contributed by atoms with E-state index in [-0.39, 0.29) is 19.2 Å². The first-order valence-electron chi connectivity index (χ1n) is 30.1. The Morgan fingerprint density at radius 2 is 0.829 bits per heavy atom. The normalized spacial score (nSPS) is 19.1. The SMILES string of the molecule is CCCCCCC/C=C\C/C=C\CCCCCCCCCCCCOCC(COC1OC(CO)C(O)C(O)C1O)OC(=O)CCCCCCCCCCCCCCC/C=C\CCCCCCCCCC. The molecule has 9 heteroatoms. The largest absolute Gasteiger partial charge is 0.457 e. The van der Waals surface area contributed by atoms with Gasteiger partial charge in [-0.1, -0.05) is 243 Å². The lowest BCUT2D eigenvalue weighted by atomic mass is 9.99. The number of aliphatic hydroxyl groups is 4. The van der Waals surface area contributed by atoms with Crippen molar-refractivity contribution in [1.82, 2.24) is 0 Å². The molecule has 9 nitrogen and oxygen atoms in total. The highest BCUT2D eigenvalue weighted by Crippen LogP contribution is 2.23. The van der Waals surface area contributed by atoms with Crippen LogP contribution in [0.1, 0.15) is 284 Å². The van der Waals surface area contributed by atoms with Crippen LogP contribution in [0.4, 0.5) is 0 Å². The predicted octanol–water partition coefficient (Wildman–Crippen LogP) is 15.8. The van der Waals surface area contributed by atoms with Crippen LogP contribution in [0.3, 0.4) is 0 Å². The van der Waals surface area contributed by atoms with Crippen molar-refractivity contribution in [2.45, 2.75) is 320 Å². The van der Waals surface area contributed by atoms with Crippen LogP contribution in [-0.2, 0) is 23.7 Å². The van der Waals surface area contributed by atoms with Gasteiger partial charge in [-0.25, -0.2) is 0 Å². The molecule has 1 aliphatic heterocycles. The van der Waals surface area contributed by atoms with Crippen LogP contribution < -0.4 is 0 Å². The van der Waals surface area contributed by atoms with E-state index < -0.39 is 43.4 Å². The van der Waals surface area contributed by atoms with Gasteiger partial charge in [-0.3, -0.25) is 4.79 Å². The molecule has 1 rings (SSSR count). The number of ether oxygens (including phenoxy) is 4. The number of esters is 1. The van der Waals surface area contributed by atoms with Gasteiger partial charge >= 0.3 is 5.97 Å². The summed E-state index contributed by atoms with van der Waals surface area (Å²) in [6.07, 6.45) is 59.1. The van der Waals surface area contributed by atoms with Crippen molar-refractivity contribution in [2.24, 2.45) is 0 Å². The lowest BCUT2D eigenvalue weighted by molar-refractivity contribution is -0.305. The Labute approximate surface area is 431 Å². The number of carbonyl (C=O) groups excluding carboxylic acids is 1. The molecule has 0 amide bonds. The number of unbranched alkanes of at least 4 members (excludes halogenated alkanes) is 36. The molecule has 0 bridgehead atoms. The molecule has 0 radical (unpaired) electrons. The second-order valence-corrected chi connectivity index (χ2v) is 20.8. The minimum atomic E-state index is -1.54. The Morgan fingerprint density at radius 1 is 0.457 bits per heavy atom. The van der Waals surface area contributed by atoms with Crippen molar-refractivity contribution in [1.29, 1.82) is 0 Å². The van der Waals surface area contributed by atoms with Gasteiger partial charge < -0.3 is 39.4 Å². The van der Waals surface area contributed by atoms with Crippen LogP contribution >= 0.6 is 0 Å². The third-order valence-corrected chi connectivity index (χ3v) is 14.0. The van der Waals surface area contributed by atoms with Crippen molar-refractivity contribution < 1.29 is 44.2 Å². The standard InChI is InChI=1S/C61H114O9/c1-3-5-7-9-11-13-15-17-19-21-23-25-27-28-29-30-32-34-36-38-40-42-44-46-48-50-57(63)69-55(54-68-61-60(66)59(65)58(64)56(52-62)70-61)53-67-51-49-47-45-43-41-39-37-35-33-31-26-24-22-20-18-16-14-12-10-8-6-4-2/h16,18,21-24,55-56,58-62,64-66H,3-15,17,19-20,25-54H2,1-2H3/b18-16-,23-21-,24-22-. The highest BCUT2D eigenvalue weighted by Gasteiger charge is 2.44. The van der Waals surface area contributed by atoms with Crippen molar-refractivity contribution >= 4 is 5.97 Å². The fourth-order valence-corrected chi connectivity index (χ4v) is 9.34. The maximum absolute atomic E-state index is 12.9. The molecule has 0 spiro atoms. The Balaban J connectivity index is 2.13. The van der Waals surface area contributed by atoms with Gasteiger partial charge in [0.1, 0.15) is 30.5 Å². The van der Waals surface area contributed by atoms with E-state index in [9.17, 15) is 25.2 Å². The number of allylic oxidation sites excluding steroid dienone is 6. The summed E-state index contributed by atoms with van der Waals surface area (Å²) in [7, 11) is 0. The molecule has 0 saturated carbocycles. The Morgan fingerprint density at radius 3 is 1.24 bits per heavy atom. The average Bonchev–Trinajstić information content (AvgIpc) is 3.36. The maximum Gasteiger partial charge on any atom is 0.306 e. The van der Waals surface area contributed by atoms with Crippen molar-refractivity contribution in [3.05, 3.63) is 36.5 Å². The summed E-state index contributed by atoms with van der Waals surface area (Å²) in [6, 6.07) is 0. The number of hydrogen-bond donors (Lipinski definition) is 4. The van der Waals surface area contributed by atoms with Crippen molar-refractivity contribution in [2.75, 3.05) is 26.4 Å². The van der Waals surface area contributed by atoms with E-state index >= 15 is 0 Å². The molecule has 6 unspecified atom stereocenters. The minimum Gasteiger partial charge on any atom is -0.457 e. The predicted molar refractivity (Wildman–Crippen MR) is 293 cm³/mol. The van der Waals surface area contributed by atoms with Crippen molar-refractivity contribution in [3.63, 3.8) is 0 Å². The van der Waals surface area contributed by atoms with E-state index in [0.717, 1.165) is 38.5 Å². The van der Waals surface area contributed by atoms with E-state index in [0.29, 0.717) is 13.0 Å². The van der Waals surface area contributed by atoms with E-state index in [4.69, 9.17) is 18.9 Å². The summed E-state index contributed by atoms with van der Waals surface area (Å²) in [5.41, 5.74) is 0. The van der Waals surface area contributed by atoms with Gasteiger partial charge in [0, 0.05) is 13.0 Å². The fraction of sp³-hybridized carbons (Fsp3) is 0.885. The number of rotatable bonds is 53. The van der Waals surface area contributed by atoms with Crippen LogP contribution in [0.15, 0.2) is 36.5 Å². The second-order valence-electron chi connectivity index (χ2n) is 20.8. The summed E-state index contributed by atoms with van der Waals surface area (Å²) < 4.78 is 23.0. The zero-order chi connectivity index (χ0) is 50.6. The lowest BCUT2D eigenvalue weighted by Crippen LogP contribution is -2.59. The first-order chi connectivity index (χ1) is 34.4. The summed E-state index contributed by atoms with van der Waals surface area (Å²) in [5.74, 6) is -0.310. The molecule has 1 fully saturated rings. The molecule has 4 N–H and O–H groups in total. The van der Waals surface area contributed by atoms with E-state index in [1.807, 2.05) is 0 Å². The van der Waals surface area contributed by atoms with Gasteiger partial charge in [-0.15, -0.1) is 0 Å². The lowest BCUT2D eigenvalue weighted by Gasteiger charge is -2.39. The third kappa shape index (κ3) is 41.8. The quantitative estimate of drug-likeness (QED) is 0.0267. The number of carbonyl (C=O) groups is 1. The highest BCUT2D eigenvalue weighted by molar-refractivity contribution is 5.69.